The second-order valence-corrected chi connectivity index (χ2v) is 7.82. The number of nitrogens with zero attached hydrogens (tertiary/aromatic N) is 1. The maximum atomic E-state index is 12.9. The van der Waals surface area contributed by atoms with Gasteiger partial charge in [0.15, 0.2) is 0 Å². The van der Waals surface area contributed by atoms with Crippen molar-refractivity contribution in [3.8, 4) is 0 Å². The van der Waals surface area contributed by atoms with Crippen LogP contribution in [0.4, 0.5) is 5.69 Å². The van der Waals surface area contributed by atoms with Crippen molar-refractivity contribution in [1.29, 1.82) is 0 Å². The Morgan fingerprint density at radius 2 is 1.83 bits per heavy atom. The minimum Gasteiger partial charge on any atom is -0.478 e. The summed E-state index contributed by atoms with van der Waals surface area (Å²) in [6, 6.07) is 12.6. The molecule has 0 aromatic heterocycles. The van der Waals surface area contributed by atoms with E-state index in [1.807, 2.05) is 29.2 Å². The Balaban J connectivity index is 1.38. The first kappa shape index (κ1) is 19.2. The third-order valence-corrected chi connectivity index (χ3v) is 5.91. The minimum absolute atomic E-state index is 0.0168. The number of hydrogen-bond donors (Lipinski definition) is 2. The number of piperidine rings is 1. The topological polar surface area (TPSA) is 86.7 Å². The van der Waals surface area contributed by atoms with Crippen molar-refractivity contribution in [2.45, 2.75) is 32.1 Å². The Labute approximate surface area is 169 Å². The number of aryl methyl sites for hydroxylation is 1. The molecule has 2 N–H and O–H groups in total. The molecule has 2 heterocycles. The van der Waals surface area contributed by atoms with Crippen molar-refractivity contribution in [1.82, 2.24) is 4.90 Å². The minimum atomic E-state index is -0.892. The number of carbonyl (C=O) groups excluding carboxylic acids is 2. The molecule has 2 aromatic carbocycles. The molecule has 29 heavy (non-hydrogen) atoms. The van der Waals surface area contributed by atoms with Crippen molar-refractivity contribution in [2.24, 2.45) is 5.92 Å². The van der Waals surface area contributed by atoms with E-state index in [4.69, 9.17) is 0 Å². The number of carbonyl (C=O) groups is 3. The first-order chi connectivity index (χ1) is 14.0. The van der Waals surface area contributed by atoms with Crippen LogP contribution in [-0.2, 0) is 17.6 Å². The highest BCUT2D eigenvalue weighted by atomic mass is 16.4. The lowest BCUT2D eigenvalue weighted by molar-refractivity contribution is -0.116. The van der Waals surface area contributed by atoms with Crippen LogP contribution in [0.2, 0.25) is 0 Å². The molecule has 0 bridgehead atoms. The molecule has 0 spiro atoms. The van der Waals surface area contributed by atoms with Gasteiger partial charge in [-0.1, -0.05) is 18.2 Å². The second kappa shape index (κ2) is 8.07. The molecule has 0 aliphatic carbocycles. The molecule has 0 unspecified atom stereocenters. The second-order valence-electron chi connectivity index (χ2n) is 7.82. The number of amides is 2. The van der Waals surface area contributed by atoms with Crippen LogP contribution in [-0.4, -0.2) is 40.9 Å². The van der Waals surface area contributed by atoms with Crippen LogP contribution in [0, 0.1) is 5.92 Å². The first-order valence-corrected chi connectivity index (χ1v) is 10.0. The van der Waals surface area contributed by atoms with E-state index in [-0.39, 0.29) is 11.8 Å². The lowest BCUT2D eigenvalue weighted by atomic mass is 9.88. The normalized spacial score (nSPS) is 16.8. The number of anilines is 1. The van der Waals surface area contributed by atoms with Gasteiger partial charge in [-0.15, -0.1) is 0 Å². The van der Waals surface area contributed by atoms with E-state index in [0.29, 0.717) is 43.0 Å². The highest BCUT2D eigenvalue weighted by Crippen LogP contribution is 2.27. The molecular formula is C23H24N2O4. The largest absolute Gasteiger partial charge is 0.478 e. The molecule has 0 radical (unpaired) electrons. The molecule has 1 saturated heterocycles. The smallest absolute Gasteiger partial charge is 0.335 e. The Hall–Kier alpha value is -3.15. The van der Waals surface area contributed by atoms with E-state index < -0.39 is 5.97 Å². The molecule has 2 aliphatic heterocycles. The van der Waals surface area contributed by atoms with Crippen LogP contribution in [0.1, 0.15) is 51.1 Å². The summed E-state index contributed by atoms with van der Waals surface area (Å²) in [5, 5.41) is 12.2. The van der Waals surface area contributed by atoms with Gasteiger partial charge in [-0.05, 0) is 67.0 Å². The van der Waals surface area contributed by atoms with Gasteiger partial charge in [-0.2, -0.15) is 0 Å². The number of likely N-dealkylation sites (tertiary alicyclic amines) is 1. The zero-order valence-corrected chi connectivity index (χ0v) is 16.2. The third-order valence-electron chi connectivity index (χ3n) is 5.91. The van der Waals surface area contributed by atoms with Gasteiger partial charge >= 0.3 is 5.97 Å². The molecule has 6 heteroatoms. The van der Waals surface area contributed by atoms with E-state index in [1.165, 1.54) is 0 Å². The Morgan fingerprint density at radius 3 is 2.59 bits per heavy atom. The average molecular weight is 392 g/mol. The van der Waals surface area contributed by atoms with Gasteiger partial charge in [0, 0.05) is 30.8 Å². The Bertz CT molecular complexity index is 961. The van der Waals surface area contributed by atoms with Gasteiger partial charge < -0.3 is 15.3 Å². The highest BCUT2D eigenvalue weighted by Gasteiger charge is 2.26. The molecule has 4 rings (SSSR count). The molecular weight excluding hydrogens is 368 g/mol. The summed E-state index contributed by atoms with van der Waals surface area (Å²) in [5.74, 6) is -0.479. The van der Waals surface area contributed by atoms with Crippen LogP contribution in [0.3, 0.4) is 0 Å². The van der Waals surface area contributed by atoms with Crippen LogP contribution >= 0.6 is 0 Å². The summed E-state index contributed by atoms with van der Waals surface area (Å²) in [7, 11) is 0. The average Bonchev–Trinajstić information content (AvgIpc) is 2.73. The summed E-state index contributed by atoms with van der Waals surface area (Å²) in [4.78, 5) is 37.7. The van der Waals surface area contributed by atoms with Gasteiger partial charge in [0.2, 0.25) is 5.91 Å². The van der Waals surface area contributed by atoms with Gasteiger partial charge in [0.25, 0.3) is 5.91 Å². The fourth-order valence-electron chi connectivity index (χ4n) is 4.26. The van der Waals surface area contributed by atoms with Crippen molar-refractivity contribution >= 4 is 23.5 Å². The van der Waals surface area contributed by atoms with Gasteiger partial charge in [0.05, 0.1) is 5.56 Å². The number of nitrogens with one attached hydrogen (secondary N) is 1. The number of carboxylic acids is 1. The molecule has 6 nitrogen and oxygen atoms in total. The highest BCUT2D eigenvalue weighted by molar-refractivity contribution is 5.98. The predicted octanol–water partition coefficient (Wildman–Crippen LogP) is 3.36. The number of benzene rings is 2. The molecule has 0 atom stereocenters. The predicted molar refractivity (Wildman–Crippen MR) is 109 cm³/mol. The quantitative estimate of drug-likeness (QED) is 0.835. The Kier molecular flexibility index (Phi) is 5.34. The number of carboxylic acid groups (broad SMARTS) is 1. The molecule has 2 aromatic rings. The Morgan fingerprint density at radius 1 is 1.07 bits per heavy atom. The molecule has 150 valence electrons. The monoisotopic (exact) mass is 392 g/mol. The molecule has 0 saturated carbocycles. The molecule has 2 aliphatic rings. The summed E-state index contributed by atoms with van der Waals surface area (Å²) >= 11 is 0. The third kappa shape index (κ3) is 4.16. The number of rotatable bonds is 4. The SMILES string of the molecule is O=C1CCc2cc(C(=O)N3CCC(Cc4ccccc4C(=O)O)CC3)ccc2N1. The van der Waals surface area contributed by atoms with Crippen molar-refractivity contribution < 1.29 is 19.5 Å². The number of hydrogen-bond acceptors (Lipinski definition) is 3. The van der Waals surface area contributed by atoms with E-state index in [9.17, 15) is 19.5 Å². The first-order valence-electron chi connectivity index (χ1n) is 10.0. The van der Waals surface area contributed by atoms with Gasteiger partial charge in [-0.25, -0.2) is 4.79 Å². The fraction of sp³-hybridized carbons (Fsp3) is 0.348. The fourth-order valence-corrected chi connectivity index (χ4v) is 4.26. The standard InChI is InChI=1S/C23H24N2O4/c26-21-8-6-17-14-18(5-7-20(17)24-21)22(27)25-11-9-15(10-12-25)13-16-3-1-2-4-19(16)23(28)29/h1-5,7,14-15H,6,8-13H2,(H,24,26)(H,28,29). The summed E-state index contributed by atoms with van der Waals surface area (Å²) in [5.41, 5.74) is 3.70. The van der Waals surface area contributed by atoms with E-state index in [1.54, 1.807) is 18.2 Å². The maximum absolute atomic E-state index is 12.9. The van der Waals surface area contributed by atoms with E-state index >= 15 is 0 Å². The molecule has 1 fully saturated rings. The van der Waals surface area contributed by atoms with Crippen LogP contribution < -0.4 is 5.32 Å². The van der Waals surface area contributed by atoms with Crippen LogP contribution in [0.15, 0.2) is 42.5 Å². The van der Waals surface area contributed by atoms with Gasteiger partial charge in [0.1, 0.15) is 0 Å². The van der Waals surface area contributed by atoms with Crippen LogP contribution in [0.25, 0.3) is 0 Å². The molecule has 2 amide bonds. The lowest BCUT2D eigenvalue weighted by Crippen LogP contribution is -2.39. The number of fused-ring (bicyclic) bond motifs is 1. The summed E-state index contributed by atoms with van der Waals surface area (Å²) < 4.78 is 0. The van der Waals surface area contributed by atoms with E-state index in [0.717, 1.165) is 36.1 Å². The van der Waals surface area contributed by atoms with Crippen molar-refractivity contribution in [3.05, 3.63) is 64.7 Å². The summed E-state index contributed by atoms with van der Waals surface area (Å²) in [6.07, 6.45) is 3.56. The van der Waals surface area contributed by atoms with Crippen molar-refractivity contribution in [3.63, 3.8) is 0 Å². The zero-order valence-electron chi connectivity index (χ0n) is 16.2. The van der Waals surface area contributed by atoms with Crippen LogP contribution in [0.5, 0.6) is 0 Å². The lowest BCUT2D eigenvalue weighted by Gasteiger charge is -2.32. The summed E-state index contributed by atoms with van der Waals surface area (Å²) in [6.45, 7) is 1.35. The maximum Gasteiger partial charge on any atom is 0.335 e. The zero-order chi connectivity index (χ0) is 20.4. The van der Waals surface area contributed by atoms with Crippen molar-refractivity contribution in [2.75, 3.05) is 18.4 Å². The number of aromatic carboxylic acids is 1. The van der Waals surface area contributed by atoms with Gasteiger partial charge in [-0.3, -0.25) is 9.59 Å². The van der Waals surface area contributed by atoms with E-state index in [2.05, 4.69) is 5.32 Å².